The minimum atomic E-state index is -0.171. The normalized spacial score (nSPS) is 15.4. The fourth-order valence-corrected chi connectivity index (χ4v) is 1.16. The molecule has 1 N–H and O–H groups in total. The molecule has 5 heteroatoms. The van der Waals surface area contributed by atoms with Crippen LogP contribution in [-0.2, 0) is 18.9 Å². The maximum atomic E-state index is 5.28. The summed E-state index contributed by atoms with van der Waals surface area (Å²) in [5.74, 6) is 0. The van der Waals surface area contributed by atoms with Crippen LogP contribution < -0.4 is 5.32 Å². The van der Waals surface area contributed by atoms with Gasteiger partial charge in [-0.15, -0.1) is 0 Å². The van der Waals surface area contributed by atoms with E-state index in [1.54, 1.807) is 28.4 Å². The molecule has 0 rings (SSSR count). The topological polar surface area (TPSA) is 49.0 Å². The van der Waals surface area contributed by atoms with Crippen molar-refractivity contribution in [2.24, 2.45) is 0 Å². The molecule has 0 aliphatic rings. The molecular weight excluding hydrogens is 186 g/mol. The Bertz CT molecular complexity index is 109. The second kappa shape index (κ2) is 9.36. The van der Waals surface area contributed by atoms with E-state index in [9.17, 15) is 0 Å². The minimum absolute atomic E-state index is 0.0323. The summed E-state index contributed by atoms with van der Waals surface area (Å²) in [5, 5.41) is 3.05. The van der Waals surface area contributed by atoms with Crippen LogP contribution in [-0.4, -0.2) is 54.1 Å². The van der Waals surface area contributed by atoms with E-state index in [4.69, 9.17) is 18.9 Å². The van der Waals surface area contributed by atoms with Crippen molar-refractivity contribution < 1.29 is 18.9 Å². The first-order chi connectivity index (χ1) is 6.79. The second-order valence-corrected chi connectivity index (χ2v) is 2.85. The molecule has 0 amide bonds. The Kier molecular flexibility index (Phi) is 9.23. The van der Waals surface area contributed by atoms with E-state index in [1.165, 1.54) is 0 Å². The van der Waals surface area contributed by atoms with Crippen molar-refractivity contribution in [2.45, 2.75) is 18.8 Å². The van der Waals surface area contributed by atoms with Gasteiger partial charge in [0.05, 0.1) is 12.8 Å². The first kappa shape index (κ1) is 13.8. The highest BCUT2D eigenvalue weighted by Crippen LogP contribution is 2.04. The summed E-state index contributed by atoms with van der Waals surface area (Å²) in [4.78, 5) is 0. The van der Waals surface area contributed by atoms with Crippen LogP contribution in [0.4, 0.5) is 0 Å². The summed E-state index contributed by atoms with van der Waals surface area (Å²) in [7, 11) is 6.57. The van der Waals surface area contributed by atoms with Gasteiger partial charge >= 0.3 is 0 Å². The third-order valence-corrected chi connectivity index (χ3v) is 1.93. The number of nitrogens with one attached hydrogen (secondary N) is 1. The average Bonchev–Trinajstić information content (AvgIpc) is 2.23. The first-order valence-corrected chi connectivity index (χ1v) is 4.57. The van der Waals surface area contributed by atoms with E-state index >= 15 is 0 Å². The fraction of sp³-hybridized carbons (Fsp3) is 1.00. The summed E-state index contributed by atoms with van der Waals surface area (Å²) in [6, 6.07) is 0. The molecular formula is C9H21NO4. The molecule has 0 saturated heterocycles. The smallest absolute Gasteiger partial charge is 0.136 e. The van der Waals surface area contributed by atoms with E-state index in [-0.39, 0.29) is 12.3 Å². The van der Waals surface area contributed by atoms with Gasteiger partial charge in [0.1, 0.15) is 6.23 Å². The van der Waals surface area contributed by atoms with Crippen molar-refractivity contribution >= 4 is 0 Å². The number of rotatable bonds is 9. The fourth-order valence-electron chi connectivity index (χ4n) is 1.16. The molecule has 0 aliphatic carbocycles. The third kappa shape index (κ3) is 5.51. The molecule has 0 aromatic rings. The van der Waals surface area contributed by atoms with Crippen molar-refractivity contribution in [1.29, 1.82) is 0 Å². The molecule has 0 aromatic heterocycles. The van der Waals surface area contributed by atoms with E-state index in [0.29, 0.717) is 13.3 Å². The maximum Gasteiger partial charge on any atom is 0.136 e. The highest BCUT2D eigenvalue weighted by molar-refractivity contribution is 4.66. The molecule has 14 heavy (non-hydrogen) atoms. The Morgan fingerprint density at radius 1 is 1.00 bits per heavy atom. The molecule has 0 aliphatic heterocycles. The van der Waals surface area contributed by atoms with Gasteiger partial charge in [0.2, 0.25) is 0 Å². The van der Waals surface area contributed by atoms with Gasteiger partial charge in [0, 0.05) is 41.5 Å². The van der Waals surface area contributed by atoms with Crippen LogP contribution in [0.5, 0.6) is 0 Å². The molecule has 0 heterocycles. The molecule has 0 radical (unpaired) electrons. The van der Waals surface area contributed by atoms with Gasteiger partial charge < -0.3 is 18.9 Å². The lowest BCUT2D eigenvalue weighted by Gasteiger charge is -2.25. The lowest BCUT2D eigenvalue weighted by atomic mass is 10.2. The van der Waals surface area contributed by atoms with Crippen LogP contribution in [0.25, 0.3) is 0 Å². The Morgan fingerprint density at radius 2 is 1.71 bits per heavy atom. The molecule has 0 spiro atoms. The summed E-state index contributed by atoms with van der Waals surface area (Å²) in [5.41, 5.74) is 0. The Labute approximate surface area is 85.7 Å². The lowest BCUT2D eigenvalue weighted by molar-refractivity contribution is -0.0744. The van der Waals surface area contributed by atoms with Crippen LogP contribution in [0.15, 0.2) is 0 Å². The third-order valence-electron chi connectivity index (χ3n) is 1.93. The van der Waals surface area contributed by atoms with Crippen LogP contribution in [0.1, 0.15) is 6.42 Å². The minimum Gasteiger partial charge on any atom is -0.385 e. The van der Waals surface area contributed by atoms with Crippen LogP contribution in [0, 0.1) is 0 Å². The van der Waals surface area contributed by atoms with Crippen LogP contribution >= 0.6 is 0 Å². The van der Waals surface area contributed by atoms with Gasteiger partial charge in [-0.05, 0) is 0 Å². The predicted octanol–water partition coefficient (Wildman–Crippen LogP) is 0.204. The Morgan fingerprint density at radius 3 is 2.14 bits per heavy atom. The monoisotopic (exact) mass is 207 g/mol. The number of methoxy groups -OCH3 is 4. The predicted molar refractivity (Wildman–Crippen MR) is 53.1 cm³/mol. The second-order valence-electron chi connectivity index (χ2n) is 2.85. The summed E-state index contributed by atoms with van der Waals surface area (Å²) in [6.45, 7) is 1.08. The van der Waals surface area contributed by atoms with Gasteiger partial charge in [-0.25, -0.2) is 0 Å². The van der Waals surface area contributed by atoms with E-state index in [1.807, 2.05) is 0 Å². The molecule has 2 unspecified atom stereocenters. The zero-order valence-electron chi connectivity index (χ0n) is 9.41. The van der Waals surface area contributed by atoms with E-state index < -0.39 is 0 Å². The maximum absolute atomic E-state index is 5.28. The van der Waals surface area contributed by atoms with Crippen molar-refractivity contribution in [1.82, 2.24) is 5.32 Å². The van der Waals surface area contributed by atoms with Crippen molar-refractivity contribution in [3.8, 4) is 0 Å². The van der Waals surface area contributed by atoms with Crippen molar-refractivity contribution in [3.05, 3.63) is 0 Å². The largest absolute Gasteiger partial charge is 0.385 e. The molecule has 86 valence electrons. The van der Waals surface area contributed by atoms with Gasteiger partial charge in [0.15, 0.2) is 0 Å². The number of hydrogen-bond donors (Lipinski definition) is 1. The standard InChI is InChI=1S/C9H21NO4/c1-11-6-5-8(13-3)9(14-4)10-7-12-2/h8-10H,5-7H2,1-4H3. The summed E-state index contributed by atoms with van der Waals surface area (Å²) < 4.78 is 20.4. The van der Waals surface area contributed by atoms with Gasteiger partial charge in [-0.2, -0.15) is 0 Å². The summed E-state index contributed by atoms with van der Waals surface area (Å²) >= 11 is 0. The average molecular weight is 207 g/mol. The quantitative estimate of drug-likeness (QED) is 0.547. The van der Waals surface area contributed by atoms with E-state index in [2.05, 4.69) is 5.32 Å². The van der Waals surface area contributed by atoms with Crippen LogP contribution in [0.3, 0.4) is 0 Å². The Hall–Kier alpha value is -0.200. The molecule has 0 fully saturated rings. The lowest BCUT2D eigenvalue weighted by Crippen LogP contribution is -2.43. The molecule has 0 aromatic carbocycles. The van der Waals surface area contributed by atoms with Gasteiger partial charge in [-0.3, -0.25) is 5.32 Å². The number of hydrogen-bond acceptors (Lipinski definition) is 5. The zero-order chi connectivity index (χ0) is 10.8. The molecule has 2 atom stereocenters. The zero-order valence-corrected chi connectivity index (χ0v) is 9.41. The molecule has 5 nitrogen and oxygen atoms in total. The SMILES string of the molecule is COCCC(OC)C(NCOC)OC. The highest BCUT2D eigenvalue weighted by atomic mass is 16.5. The van der Waals surface area contributed by atoms with Gasteiger partial charge in [-0.1, -0.05) is 0 Å². The van der Waals surface area contributed by atoms with Crippen LogP contribution in [0.2, 0.25) is 0 Å². The van der Waals surface area contributed by atoms with Crippen molar-refractivity contribution in [3.63, 3.8) is 0 Å². The summed E-state index contributed by atoms with van der Waals surface area (Å²) in [6.07, 6.45) is 0.576. The highest BCUT2D eigenvalue weighted by Gasteiger charge is 2.19. The molecule has 0 bridgehead atoms. The van der Waals surface area contributed by atoms with Crippen molar-refractivity contribution in [2.75, 3.05) is 41.8 Å². The van der Waals surface area contributed by atoms with E-state index in [0.717, 1.165) is 6.42 Å². The molecule has 0 saturated carbocycles. The first-order valence-electron chi connectivity index (χ1n) is 4.57. The number of ether oxygens (including phenoxy) is 4. The van der Waals surface area contributed by atoms with Gasteiger partial charge in [0.25, 0.3) is 0 Å². The Balaban J connectivity index is 3.87.